The molecule has 0 saturated carbocycles. The average molecular weight is 1070 g/mol. The fourth-order valence-corrected chi connectivity index (χ4v) is 9.66. The largest absolute Gasteiger partial charge is 0.493 e. The third kappa shape index (κ3) is 12.6. The van der Waals surface area contributed by atoms with Gasteiger partial charge >= 0.3 is 0 Å². The number of para-hydroxylation sites is 2. The quantitative estimate of drug-likeness (QED) is 0.0520. The van der Waals surface area contributed by atoms with E-state index >= 15 is 0 Å². The van der Waals surface area contributed by atoms with Crippen molar-refractivity contribution in [2.24, 2.45) is 5.73 Å². The van der Waals surface area contributed by atoms with Gasteiger partial charge in [-0.3, -0.25) is 9.97 Å². The minimum atomic E-state index is -3.62. The van der Waals surface area contributed by atoms with Gasteiger partial charge in [0.15, 0.2) is 34.6 Å². The first-order chi connectivity index (χ1) is 36.3. The van der Waals surface area contributed by atoms with Crippen LogP contribution in [0.15, 0.2) is 168 Å². The molecule has 0 spiro atoms. The van der Waals surface area contributed by atoms with Crippen LogP contribution in [0.25, 0.3) is 66.4 Å². The van der Waals surface area contributed by atoms with E-state index in [0.717, 1.165) is 43.8 Å². The molecule has 384 valence electrons. The van der Waals surface area contributed by atoms with E-state index in [1.165, 1.54) is 12.1 Å². The summed E-state index contributed by atoms with van der Waals surface area (Å²) in [5.74, 6) is 4.60. The summed E-state index contributed by atoms with van der Waals surface area (Å²) < 4.78 is 70.8. The van der Waals surface area contributed by atoms with Crippen LogP contribution in [-0.2, 0) is 19.1 Å². The molecule has 0 bridgehead atoms. The van der Waals surface area contributed by atoms with Crippen molar-refractivity contribution in [3.63, 3.8) is 0 Å². The number of rotatable bonds is 16. The van der Waals surface area contributed by atoms with Crippen molar-refractivity contribution < 1.29 is 35.8 Å². The fraction of sp³-hybridized carbons (Fsp3) is 0.148. The number of ether oxygens (including phenoxy) is 4. The lowest BCUT2D eigenvalue weighted by Crippen LogP contribution is -2.29. The lowest BCUT2D eigenvalue weighted by molar-refractivity contribution is 0.356. The zero-order valence-electron chi connectivity index (χ0n) is 41.1. The predicted molar refractivity (Wildman–Crippen MR) is 294 cm³/mol. The number of hydrogen-bond acceptors (Lipinski definition) is 17. The first-order valence-corrected chi connectivity index (χ1v) is 26.9. The minimum absolute atomic E-state index is 0.136. The molecule has 0 radical (unpaired) electrons. The molecule has 21 heteroatoms. The third-order valence-corrected chi connectivity index (χ3v) is 14.2. The number of fused-ring (bicyclic) bond motifs is 4. The highest BCUT2D eigenvalue weighted by Crippen LogP contribution is 2.38. The van der Waals surface area contributed by atoms with Gasteiger partial charge in [0, 0.05) is 94.1 Å². The summed E-state index contributed by atoms with van der Waals surface area (Å²) in [6, 6.07) is 43.1. The van der Waals surface area contributed by atoms with Gasteiger partial charge in [-0.1, -0.05) is 72.8 Å². The van der Waals surface area contributed by atoms with Crippen LogP contribution in [0.5, 0.6) is 23.0 Å². The van der Waals surface area contributed by atoms with Crippen LogP contribution in [0.3, 0.4) is 0 Å². The Kier molecular flexibility index (Phi) is 17.1. The van der Waals surface area contributed by atoms with Crippen LogP contribution >= 0.6 is 10.7 Å². The number of nitrogens with zero attached hydrogens (tertiary/aromatic N) is 6. The second kappa shape index (κ2) is 24.2. The zero-order valence-corrected chi connectivity index (χ0v) is 43.4. The van der Waals surface area contributed by atoms with Gasteiger partial charge in [0.25, 0.3) is 9.05 Å². The molecule has 0 atom stereocenters. The first-order valence-electron chi connectivity index (χ1n) is 23.1. The van der Waals surface area contributed by atoms with Gasteiger partial charge in [0.1, 0.15) is 11.6 Å². The van der Waals surface area contributed by atoms with E-state index in [-0.39, 0.29) is 16.3 Å². The second-order valence-corrected chi connectivity index (χ2v) is 20.4. The molecule has 0 aliphatic rings. The summed E-state index contributed by atoms with van der Waals surface area (Å²) in [4.78, 5) is 28.6. The Balaban J connectivity index is 0.000000172. The van der Waals surface area contributed by atoms with E-state index in [1.807, 2.05) is 72.8 Å². The standard InChI is InChI=1S/C27H25N5O4S.C21H21N5O2.C6H5ClO2S/c1-35-23-16-21-22(17-24(23)36-2)31-27(20-12-6-8-18-9-7-13-28-25(18)20)32-26(21)29-14-15-30-37(33,34)19-10-4-3-5-11-19;1-27-17-11-15-16(12-18(17)28-2)25-21(26-20(15)24-10-8-22)14-7-3-5-13-6-4-9-23-19(13)14;7-10(8,9)6-4-2-1-3-5-6/h3-13,16-17,30H,14-15H2,1-2H3,(H,29,31,32);3-7,9,11-12H,8,10,22H2,1-2H3,(H,24,25,26);1-5H. The number of benzene rings is 6. The Labute approximate surface area is 437 Å². The van der Waals surface area contributed by atoms with Gasteiger partial charge in [-0.25, -0.2) is 41.5 Å². The van der Waals surface area contributed by atoms with Crippen molar-refractivity contribution in [1.82, 2.24) is 34.6 Å². The van der Waals surface area contributed by atoms with Crippen molar-refractivity contribution in [2.45, 2.75) is 9.79 Å². The maximum atomic E-state index is 12.6. The Morgan fingerprint density at radius 2 is 0.920 bits per heavy atom. The SMILES string of the molecule is COc1cc2nc(-c3cccc4cccnc34)nc(NCCN)c2cc1OC.COc1cc2nc(-c3cccc4cccnc34)nc(NCCNS(=O)(=O)c3ccccc3)c2cc1OC.O=S(=O)(Cl)c1ccccc1. The molecule has 75 heavy (non-hydrogen) atoms. The van der Waals surface area contributed by atoms with E-state index < -0.39 is 19.1 Å². The number of sulfonamides is 1. The Morgan fingerprint density at radius 3 is 1.35 bits per heavy atom. The van der Waals surface area contributed by atoms with Crippen LogP contribution in [0, 0.1) is 0 Å². The summed E-state index contributed by atoms with van der Waals surface area (Å²) >= 11 is 0. The molecule has 6 aromatic carbocycles. The number of pyridine rings is 2. The molecule has 4 aromatic heterocycles. The molecular formula is C54H51ClN10O8S2. The van der Waals surface area contributed by atoms with Crippen molar-refractivity contribution >= 4 is 85.0 Å². The summed E-state index contributed by atoms with van der Waals surface area (Å²) in [5, 5.41) is 10.1. The number of nitrogens with two attached hydrogens (primary N) is 1. The normalized spacial score (nSPS) is 11.3. The van der Waals surface area contributed by atoms with Crippen LogP contribution in [0.4, 0.5) is 11.6 Å². The van der Waals surface area contributed by atoms with Crippen LogP contribution in [0.1, 0.15) is 0 Å². The van der Waals surface area contributed by atoms with Crippen LogP contribution in [-0.4, -0.2) is 101 Å². The van der Waals surface area contributed by atoms with Gasteiger partial charge in [-0.05, 0) is 60.7 Å². The molecule has 0 saturated heterocycles. The maximum absolute atomic E-state index is 12.6. The molecule has 0 aliphatic heterocycles. The van der Waals surface area contributed by atoms with Gasteiger partial charge in [-0.15, -0.1) is 0 Å². The average Bonchev–Trinajstić information content (AvgIpc) is 3.45. The van der Waals surface area contributed by atoms with Gasteiger partial charge in [0.05, 0.1) is 60.3 Å². The summed E-state index contributed by atoms with van der Waals surface area (Å²) in [7, 11) is 4.22. The lowest BCUT2D eigenvalue weighted by Gasteiger charge is -2.15. The van der Waals surface area contributed by atoms with Crippen LogP contribution < -0.4 is 40.0 Å². The molecule has 4 heterocycles. The number of methoxy groups -OCH3 is 4. The molecule has 10 aromatic rings. The van der Waals surface area contributed by atoms with Gasteiger partial charge in [0.2, 0.25) is 10.0 Å². The van der Waals surface area contributed by atoms with E-state index in [4.69, 9.17) is 55.3 Å². The molecule has 0 fully saturated rings. The number of nitrogens with one attached hydrogen (secondary N) is 3. The third-order valence-electron chi connectivity index (χ3n) is 11.4. The Bertz CT molecular complexity index is 3840. The molecule has 0 unspecified atom stereocenters. The first kappa shape index (κ1) is 53.0. The summed E-state index contributed by atoms with van der Waals surface area (Å²) in [6.07, 6.45) is 3.51. The Hall–Kier alpha value is -8.27. The Morgan fingerprint density at radius 1 is 0.493 bits per heavy atom. The molecular weight excluding hydrogens is 1020 g/mol. The zero-order chi connectivity index (χ0) is 53.0. The summed E-state index contributed by atoms with van der Waals surface area (Å²) in [6.45, 7) is 1.53. The predicted octanol–water partition coefficient (Wildman–Crippen LogP) is 9.10. The van der Waals surface area contributed by atoms with Crippen molar-refractivity contribution in [3.05, 3.63) is 158 Å². The molecule has 5 N–H and O–H groups in total. The number of anilines is 2. The summed E-state index contributed by atoms with van der Waals surface area (Å²) in [5.41, 5.74) is 10.4. The van der Waals surface area contributed by atoms with Crippen molar-refractivity contribution in [2.75, 3.05) is 65.3 Å². The second-order valence-electron chi connectivity index (χ2n) is 16.1. The molecule has 18 nitrogen and oxygen atoms in total. The van der Waals surface area contributed by atoms with Crippen molar-refractivity contribution in [3.8, 4) is 45.8 Å². The van der Waals surface area contributed by atoms with Crippen molar-refractivity contribution in [1.29, 1.82) is 0 Å². The smallest absolute Gasteiger partial charge is 0.261 e. The van der Waals surface area contributed by atoms with E-state index in [1.54, 1.807) is 101 Å². The topological polar surface area (TPSA) is 245 Å². The lowest BCUT2D eigenvalue weighted by atomic mass is 10.1. The number of hydrogen-bond donors (Lipinski definition) is 4. The maximum Gasteiger partial charge on any atom is 0.261 e. The number of aromatic nitrogens is 6. The highest BCUT2D eigenvalue weighted by Gasteiger charge is 2.19. The van der Waals surface area contributed by atoms with Gasteiger partial charge in [-0.2, -0.15) is 0 Å². The van der Waals surface area contributed by atoms with E-state index in [0.29, 0.717) is 76.8 Å². The molecule has 10 rings (SSSR count). The molecule has 0 aliphatic carbocycles. The minimum Gasteiger partial charge on any atom is -0.493 e. The van der Waals surface area contributed by atoms with Crippen LogP contribution in [0.2, 0.25) is 0 Å². The highest BCUT2D eigenvalue weighted by molar-refractivity contribution is 8.13. The fourth-order valence-electron chi connectivity index (χ4n) is 7.81. The molecule has 0 amide bonds. The number of halogens is 1. The van der Waals surface area contributed by atoms with E-state index in [9.17, 15) is 16.8 Å². The van der Waals surface area contributed by atoms with Gasteiger partial charge < -0.3 is 35.3 Å². The van der Waals surface area contributed by atoms with E-state index in [2.05, 4.69) is 25.3 Å². The highest BCUT2D eigenvalue weighted by atomic mass is 35.7. The monoisotopic (exact) mass is 1070 g/mol.